The summed E-state index contributed by atoms with van der Waals surface area (Å²) in [5, 5.41) is 20.8. The highest BCUT2D eigenvalue weighted by molar-refractivity contribution is 14.0. The molecular weight excluding hydrogens is 445 g/mol. The second kappa shape index (κ2) is 11.1. The number of rotatable bonds is 7. The van der Waals surface area contributed by atoms with Crippen LogP contribution < -0.4 is 10.6 Å². The van der Waals surface area contributed by atoms with Gasteiger partial charge in [-0.05, 0) is 19.8 Å². The molecule has 0 spiro atoms. The first-order valence-electron chi connectivity index (χ1n) is 9.47. The molecule has 2 unspecified atom stereocenters. The molecule has 1 aromatic heterocycles. The van der Waals surface area contributed by atoms with Crippen LogP contribution in [0.2, 0.25) is 0 Å². The fraction of sp³-hybridized carbons (Fsp3) is 0.833. The quantitative estimate of drug-likeness (QED) is 0.316. The lowest BCUT2D eigenvalue weighted by Crippen LogP contribution is -2.42. The Labute approximate surface area is 173 Å². The van der Waals surface area contributed by atoms with Crippen molar-refractivity contribution in [3.05, 3.63) is 11.7 Å². The predicted octanol–water partition coefficient (Wildman–Crippen LogP) is 2.85. The maximum Gasteiger partial charge on any atom is 0.228 e. The number of aliphatic hydroxyl groups is 1. The fourth-order valence-electron chi connectivity index (χ4n) is 3.06. The van der Waals surface area contributed by atoms with Gasteiger partial charge < -0.3 is 20.3 Å². The first-order valence-corrected chi connectivity index (χ1v) is 9.47. The van der Waals surface area contributed by atoms with E-state index in [1.54, 1.807) is 0 Å². The van der Waals surface area contributed by atoms with E-state index in [2.05, 4.69) is 27.7 Å². The van der Waals surface area contributed by atoms with Crippen LogP contribution in [0.4, 0.5) is 0 Å². The number of halogens is 1. The zero-order valence-corrected chi connectivity index (χ0v) is 18.7. The number of aromatic nitrogens is 2. The number of nitrogens with zero attached hydrogens (tertiary/aromatic N) is 3. The molecule has 1 aliphatic carbocycles. The molecule has 0 aromatic carbocycles. The summed E-state index contributed by atoms with van der Waals surface area (Å²) in [6, 6.07) is 0. The van der Waals surface area contributed by atoms with E-state index in [4.69, 9.17) is 9.52 Å². The zero-order chi connectivity index (χ0) is 18.3. The molecule has 0 aliphatic heterocycles. The van der Waals surface area contributed by atoms with Gasteiger partial charge >= 0.3 is 0 Å². The van der Waals surface area contributed by atoms with E-state index in [1.807, 2.05) is 20.8 Å². The predicted molar refractivity (Wildman–Crippen MR) is 114 cm³/mol. The summed E-state index contributed by atoms with van der Waals surface area (Å²) < 4.78 is 5.26. The van der Waals surface area contributed by atoms with Crippen LogP contribution in [0.15, 0.2) is 9.52 Å². The first-order chi connectivity index (χ1) is 11.9. The Bertz CT molecular complexity index is 564. The summed E-state index contributed by atoms with van der Waals surface area (Å²) in [5.41, 5.74) is -0.126. The maximum absolute atomic E-state index is 10.3. The zero-order valence-electron chi connectivity index (χ0n) is 16.4. The Kier molecular flexibility index (Phi) is 9.84. The molecule has 1 fully saturated rings. The van der Waals surface area contributed by atoms with E-state index < -0.39 is 0 Å². The average Bonchev–Trinajstić information content (AvgIpc) is 3.05. The molecule has 7 nitrogen and oxygen atoms in total. The lowest BCUT2D eigenvalue weighted by molar-refractivity contribution is 0.00716. The number of nitrogens with one attached hydrogen (secondary N) is 2. The molecule has 1 aromatic rings. The number of hydrogen-bond acceptors (Lipinski definition) is 5. The molecule has 1 aliphatic rings. The van der Waals surface area contributed by atoms with Gasteiger partial charge in [0.05, 0.1) is 12.6 Å². The van der Waals surface area contributed by atoms with Gasteiger partial charge in [0.1, 0.15) is 0 Å². The highest BCUT2D eigenvalue weighted by atomic mass is 127. The number of guanidine groups is 1. The third-order valence-electron chi connectivity index (χ3n) is 4.85. The van der Waals surface area contributed by atoms with E-state index in [1.165, 1.54) is 6.42 Å². The molecule has 0 amide bonds. The first kappa shape index (κ1) is 23.1. The molecule has 0 radical (unpaired) electrons. The van der Waals surface area contributed by atoms with Gasteiger partial charge in [0.25, 0.3) is 0 Å². The Morgan fingerprint density at radius 3 is 2.77 bits per heavy atom. The van der Waals surface area contributed by atoms with Crippen molar-refractivity contribution in [2.45, 2.75) is 71.8 Å². The van der Waals surface area contributed by atoms with Gasteiger partial charge in [-0.1, -0.05) is 38.8 Å². The summed E-state index contributed by atoms with van der Waals surface area (Å²) in [6.45, 7) is 10.4. The minimum Gasteiger partial charge on any atom is -0.392 e. The van der Waals surface area contributed by atoms with Gasteiger partial charge in [0.15, 0.2) is 11.8 Å². The molecule has 2 rings (SSSR count). The van der Waals surface area contributed by atoms with Crippen molar-refractivity contribution in [1.29, 1.82) is 0 Å². The largest absolute Gasteiger partial charge is 0.392 e. The summed E-state index contributed by atoms with van der Waals surface area (Å²) in [4.78, 5) is 9.07. The van der Waals surface area contributed by atoms with Crippen molar-refractivity contribution in [2.75, 3.05) is 19.6 Å². The third-order valence-corrected chi connectivity index (χ3v) is 4.85. The van der Waals surface area contributed by atoms with E-state index in [9.17, 15) is 5.11 Å². The van der Waals surface area contributed by atoms with Gasteiger partial charge in [0.2, 0.25) is 5.89 Å². The summed E-state index contributed by atoms with van der Waals surface area (Å²) in [5.74, 6) is 2.42. The van der Waals surface area contributed by atoms with Gasteiger partial charge in [-0.15, -0.1) is 24.0 Å². The molecule has 1 heterocycles. The number of hydrogen-bond donors (Lipinski definition) is 3. The topological polar surface area (TPSA) is 95.6 Å². The Morgan fingerprint density at radius 2 is 2.15 bits per heavy atom. The smallest absolute Gasteiger partial charge is 0.228 e. The van der Waals surface area contributed by atoms with Gasteiger partial charge in [-0.25, -0.2) is 0 Å². The van der Waals surface area contributed by atoms with E-state index >= 15 is 0 Å². The van der Waals surface area contributed by atoms with Crippen molar-refractivity contribution < 1.29 is 9.63 Å². The minimum absolute atomic E-state index is 0. The van der Waals surface area contributed by atoms with Crippen LogP contribution in [0.3, 0.4) is 0 Å². The van der Waals surface area contributed by atoms with E-state index in [-0.39, 0.29) is 41.4 Å². The van der Waals surface area contributed by atoms with Crippen LogP contribution in [0, 0.1) is 5.41 Å². The lowest BCUT2D eigenvalue weighted by Gasteiger charge is -2.37. The van der Waals surface area contributed by atoms with E-state index in [0.717, 1.165) is 37.6 Å². The fourth-order valence-corrected chi connectivity index (χ4v) is 3.06. The SMILES string of the molecule is CCNC(=NCC1(C)CCCCC1O)NCCc1nc(C(C)C)no1.I. The highest BCUT2D eigenvalue weighted by Gasteiger charge is 2.35. The Balaban J connectivity index is 0.00000338. The highest BCUT2D eigenvalue weighted by Crippen LogP contribution is 2.36. The van der Waals surface area contributed by atoms with Gasteiger partial charge in [-0.3, -0.25) is 4.99 Å². The van der Waals surface area contributed by atoms with Crippen LogP contribution in [0.5, 0.6) is 0 Å². The van der Waals surface area contributed by atoms with Gasteiger partial charge in [-0.2, -0.15) is 4.98 Å². The van der Waals surface area contributed by atoms with Crippen LogP contribution in [-0.2, 0) is 6.42 Å². The van der Waals surface area contributed by atoms with Crippen molar-refractivity contribution in [1.82, 2.24) is 20.8 Å². The molecule has 0 bridgehead atoms. The number of aliphatic hydroxyl groups excluding tert-OH is 1. The summed E-state index contributed by atoms with van der Waals surface area (Å²) in [7, 11) is 0. The molecule has 0 saturated heterocycles. The second-order valence-corrected chi connectivity index (χ2v) is 7.49. The summed E-state index contributed by atoms with van der Waals surface area (Å²) in [6.07, 6.45) is 4.58. The molecular formula is C18H34IN5O2. The Hall–Kier alpha value is -0.900. The molecule has 26 heavy (non-hydrogen) atoms. The molecule has 3 N–H and O–H groups in total. The van der Waals surface area contributed by atoms with E-state index in [0.29, 0.717) is 25.4 Å². The van der Waals surface area contributed by atoms with Crippen molar-refractivity contribution >= 4 is 29.9 Å². The Morgan fingerprint density at radius 1 is 1.38 bits per heavy atom. The molecule has 150 valence electrons. The van der Waals surface area contributed by atoms with Crippen molar-refractivity contribution in [3.8, 4) is 0 Å². The monoisotopic (exact) mass is 479 g/mol. The van der Waals surface area contributed by atoms with Crippen molar-refractivity contribution in [2.24, 2.45) is 10.4 Å². The maximum atomic E-state index is 10.3. The van der Waals surface area contributed by atoms with Crippen LogP contribution in [0.1, 0.15) is 71.0 Å². The second-order valence-electron chi connectivity index (χ2n) is 7.49. The summed E-state index contributed by atoms with van der Waals surface area (Å²) >= 11 is 0. The molecule has 8 heteroatoms. The van der Waals surface area contributed by atoms with Crippen LogP contribution in [0.25, 0.3) is 0 Å². The van der Waals surface area contributed by atoms with Crippen LogP contribution in [-0.4, -0.2) is 46.9 Å². The molecule has 1 saturated carbocycles. The van der Waals surface area contributed by atoms with Crippen molar-refractivity contribution in [3.63, 3.8) is 0 Å². The standard InChI is InChI=1S/C18H33N5O2.HI/c1-5-19-17(21-12-18(4)10-7-6-8-14(18)24)20-11-9-15-22-16(13(2)3)23-25-15;/h13-14,24H,5-12H2,1-4H3,(H2,19,20,21);1H. The third kappa shape index (κ3) is 6.68. The lowest BCUT2D eigenvalue weighted by atomic mass is 9.73. The molecule has 2 atom stereocenters. The van der Waals surface area contributed by atoms with Crippen LogP contribution >= 0.6 is 24.0 Å². The average molecular weight is 479 g/mol. The van der Waals surface area contributed by atoms with Gasteiger partial charge in [0, 0.05) is 30.8 Å². The normalized spacial score (nSPS) is 23.6. The minimum atomic E-state index is -0.263. The number of aliphatic imine (C=N–C) groups is 1.